The summed E-state index contributed by atoms with van der Waals surface area (Å²) in [5.74, 6) is 0. The van der Waals surface area contributed by atoms with Crippen LogP contribution in [0.1, 0.15) is 43.4 Å². The standard InChI is InChI=1S/C14H22N2O/c1-15-9-12-7-8-13(16-10-12)11-17-14-5-3-2-4-6-14/h7-8,10,14-15H,2-6,9,11H2,1H3. The van der Waals surface area contributed by atoms with E-state index in [0.717, 1.165) is 12.2 Å². The van der Waals surface area contributed by atoms with Crippen LogP contribution in [0.4, 0.5) is 0 Å². The number of nitrogens with one attached hydrogen (secondary N) is 1. The molecule has 1 aliphatic rings. The second kappa shape index (κ2) is 6.72. The molecule has 0 amide bonds. The Balaban J connectivity index is 1.77. The van der Waals surface area contributed by atoms with Crippen molar-refractivity contribution in [1.82, 2.24) is 10.3 Å². The van der Waals surface area contributed by atoms with Gasteiger partial charge in [-0.25, -0.2) is 0 Å². The van der Waals surface area contributed by atoms with Crippen molar-refractivity contribution in [1.29, 1.82) is 0 Å². The minimum Gasteiger partial charge on any atom is -0.372 e. The summed E-state index contributed by atoms with van der Waals surface area (Å²) in [5.41, 5.74) is 2.25. The van der Waals surface area contributed by atoms with E-state index in [4.69, 9.17) is 4.74 Å². The highest BCUT2D eigenvalue weighted by Gasteiger charge is 2.13. The highest BCUT2D eigenvalue weighted by molar-refractivity contribution is 5.13. The van der Waals surface area contributed by atoms with Gasteiger partial charge in [0.15, 0.2) is 0 Å². The first-order chi connectivity index (χ1) is 8.38. The molecule has 1 heterocycles. The molecule has 3 nitrogen and oxygen atoms in total. The number of rotatable bonds is 5. The lowest BCUT2D eigenvalue weighted by molar-refractivity contribution is 0.0152. The zero-order valence-electron chi connectivity index (χ0n) is 10.6. The van der Waals surface area contributed by atoms with Gasteiger partial charge in [-0.15, -0.1) is 0 Å². The first-order valence-corrected chi connectivity index (χ1v) is 6.58. The fourth-order valence-electron chi connectivity index (χ4n) is 2.28. The van der Waals surface area contributed by atoms with E-state index in [1.165, 1.54) is 37.7 Å². The third kappa shape index (κ3) is 4.10. The van der Waals surface area contributed by atoms with Crippen LogP contribution in [-0.2, 0) is 17.9 Å². The van der Waals surface area contributed by atoms with E-state index in [2.05, 4.69) is 22.4 Å². The van der Waals surface area contributed by atoms with Gasteiger partial charge >= 0.3 is 0 Å². The van der Waals surface area contributed by atoms with Gasteiger partial charge in [-0.3, -0.25) is 4.98 Å². The molecule has 3 heteroatoms. The van der Waals surface area contributed by atoms with Crippen molar-refractivity contribution < 1.29 is 4.74 Å². The molecule has 2 rings (SSSR count). The SMILES string of the molecule is CNCc1ccc(COC2CCCCC2)nc1. The van der Waals surface area contributed by atoms with Crippen molar-refractivity contribution in [3.05, 3.63) is 29.6 Å². The number of pyridine rings is 1. The van der Waals surface area contributed by atoms with Gasteiger partial charge in [0, 0.05) is 12.7 Å². The Bertz CT molecular complexity index is 317. The maximum Gasteiger partial charge on any atom is 0.0891 e. The molecule has 1 saturated carbocycles. The second-order valence-corrected chi connectivity index (χ2v) is 4.76. The number of nitrogens with zero attached hydrogens (tertiary/aromatic N) is 1. The second-order valence-electron chi connectivity index (χ2n) is 4.76. The first-order valence-electron chi connectivity index (χ1n) is 6.58. The van der Waals surface area contributed by atoms with Crippen LogP contribution in [0.2, 0.25) is 0 Å². The molecule has 1 aliphatic carbocycles. The Hall–Kier alpha value is -0.930. The van der Waals surface area contributed by atoms with Crippen LogP contribution in [0.3, 0.4) is 0 Å². The van der Waals surface area contributed by atoms with Gasteiger partial charge in [0.25, 0.3) is 0 Å². The molecule has 0 unspecified atom stereocenters. The highest BCUT2D eigenvalue weighted by Crippen LogP contribution is 2.21. The Morgan fingerprint density at radius 1 is 1.29 bits per heavy atom. The molecule has 0 atom stereocenters. The molecule has 0 bridgehead atoms. The van der Waals surface area contributed by atoms with E-state index < -0.39 is 0 Å². The average molecular weight is 234 g/mol. The van der Waals surface area contributed by atoms with Crippen molar-refractivity contribution in [2.45, 2.75) is 51.4 Å². The van der Waals surface area contributed by atoms with Gasteiger partial charge < -0.3 is 10.1 Å². The van der Waals surface area contributed by atoms with Crippen LogP contribution in [0, 0.1) is 0 Å². The van der Waals surface area contributed by atoms with E-state index in [1.54, 1.807) is 0 Å². The summed E-state index contributed by atoms with van der Waals surface area (Å²) >= 11 is 0. The smallest absolute Gasteiger partial charge is 0.0891 e. The summed E-state index contributed by atoms with van der Waals surface area (Å²) in [6.45, 7) is 1.53. The average Bonchev–Trinajstić information content (AvgIpc) is 2.40. The minimum absolute atomic E-state index is 0.461. The summed E-state index contributed by atoms with van der Waals surface area (Å²) in [7, 11) is 1.94. The van der Waals surface area contributed by atoms with Crippen molar-refractivity contribution in [2.75, 3.05) is 7.05 Å². The van der Waals surface area contributed by atoms with Crippen molar-refractivity contribution in [3.8, 4) is 0 Å². The van der Waals surface area contributed by atoms with Gasteiger partial charge in [0.05, 0.1) is 18.4 Å². The molecule has 1 aromatic rings. The molecule has 0 radical (unpaired) electrons. The summed E-state index contributed by atoms with van der Waals surface area (Å²) < 4.78 is 5.89. The summed E-state index contributed by atoms with van der Waals surface area (Å²) in [5, 5.41) is 3.12. The van der Waals surface area contributed by atoms with Crippen molar-refractivity contribution in [2.24, 2.45) is 0 Å². The number of aromatic nitrogens is 1. The maximum atomic E-state index is 5.89. The molecule has 0 saturated heterocycles. The van der Waals surface area contributed by atoms with Crippen LogP contribution in [0.15, 0.2) is 18.3 Å². The van der Waals surface area contributed by atoms with Crippen molar-refractivity contribution in [3.63, 3.8) is 0 Å². The zero-order chi connectivity index (χ0) is 11.9. The summed E-state index contributed by atoms with van der Waals surface area (Å²) in [6, 6.07) is 4.18. The predicted molar refractivity (Wildman–Crippen MR) is 68.7 cm³/mol. The number of ether oxygens (including phenoxy) is 1. The highest BCUT2D eigenvalue weighted by atomic mass is 16.5. The monoisotopic (exact) mass is 234 g/mol. The third-order valence-corrected chi connectivity index (χ3v) is 3.29. The van der Waals surface area contributed by atoms with Gasteiger partial charge in [-0.1, -0.05) is 25.3 Å². The van der Waals surface area contributed by atoms with E-state index >= 15 is 0 Å². The van der Waals surface area contributed by atoms with Gasteiger partial charge in [0.2, 0.25) is 0 Å². The Kier molecular flexibility index (Phi) is 4.95. The summed E-state index contributed by atoms with van der Waals surface area (Å²) in [4.78, 5) is 4.42. The predicted octanol–water partition coefficient (Wildman–Crippen LogP) is 2.65. The van der Waals surface area contributed by atoms with Crippen LogP contribution in [0.5, 0.6) is 0 Å². The lowest BCUT2D eigenvalue weighted by Crippen LogP contribution is -2.16. The third-order valence-electron chi connectivity index (χ3n) is 3.29. The zero-order valence-corrected chi connectivity index (χ0v) is 10.6. The Morgan fingerprint density at radius 2 is 2.12 bits per heavy atom. The molecule has 17 heavy (non-hydrogen) atoms. The van der Waals surface area contributed by atoms with Crippen molar-refractivity contribution >= 4 is 0 Å². The molecule has 0 spiro atoms. The molecular formula is C14H22N2O. The fraction of sp³-hybridized carbons (Fsp3) is 0.643. The normalized spacial score (nSPS) is 17.2. The lowest BCUT2D eigenvalue weighted by Gasteiger charge is -2.21. The van der Waals surface area contributed by atoms with Crippen LogP contribution < -0.4 is 5.32 Å². The van der Waals surface area contributed by atoms with Crippen LogP contribution in [-0.4, -0.2) is 18.1 Å². The largest absolute Gasteiger partial charge is 0.372 e. The van der Waals surface area contributed by atoms with E-state index in [9.17, 15) is 0 Å². The lowest BCUT2D eigenvalue weighted by atomic mass is 9.98. The number of hydrogen-bond acceptors (Lipinski definition) is 3. The van der Waals surface area contributed by atoms with Crippen LogP contribution in [0.25, 0.3) is 0 Å². The van der Waals surface area contributed by atoms with Gasteiger partial charge in [0.1, 0.15) is 0 Å². The Labute approximate surface area is 104 Å². The molecule has 94 valence electrons. The summed E-state index contributed by atoms with van der Waals surface area (Å²) in [6.07, 6.45) is 8.84. The molecule has 1 N–H and O–H groups in total. The first kappa shape index (κ1) is 12.5. The maximum absolute atomic E-state index is 5.89. The minimum atomic E-state index is 0.461. The topological polar surface area (TPSA) is 34.1 Å². The van der Waals surface area contributed by atoms with Crippen LogP contribution >= 0.6 is 0 Å². The van der Waals surface area contributed by atoms with E-state index in [0.29, 0.717) is 12.7 Å². The molecule has 1 aromatic heterocycles. The molecular weight excluding hydrogens is 212 g/mol. The van der Waals surface area contributed by atoms with E-state index in [-0.39, 0.29) is 0 Å². The van der Waals surface area contributed by atoms with E-state index in [1.807, 2.05) is 13.2 Å². The molecule has 0 aliphatic heterocycles. The van der Waals surface area contributed by atoms with Gasteiger partial charge in [-0.05, 0) is 31.5 Å². The Morgan fingerprint density at radius 3 is 2.76 bits per heavy atom. The van der Waals surface area contributed by atoms with Gasteiger partial charge in [-0.2, -0.15) is 0 Å². The fourth-order valence-corrected chi connectivity index (χ4v) is 2.28. The number of hydrogen-bond donors (Lipinski definition) is 1. The quantitative estimate of drug-likeness (QED) is 0.850. The molecule has 0 aromatic carbocycles. The molecule has 1 fully saturated rings.